The smallest absolute Gasteiger partial charge is 0.163 e. The van der Waals surface area contributed by atoms with Crippen LogP contribution in [0.1, 0.15) is 44.6 Å². The quantitative estimate of drug-likeness (QED) is 0.822. The Morgan fingerprint density at radius 2 is 1.89 bits per heavy atom. The molecule has 2 aliphatic rings. The monoisotopic (exact) mass is 254 g/mol. The lowest BCUT2D eigenvalue weighted by Gasteiger charge is -2.09. The third kappa shape index (κ3) is 2.12. The molecule has 2 aliphatic carbocycles. The summed E-state index contributed by atoms with van der Waals surface area (Å²) in [6.45, 7) is 2.06. The zero-order valence-electron chi connectivity index (χ0n) is 11.2. The van der Waals surface area contributed by atoms with Gasteiger partial charge in [-0.1, -0.05) is 17.7 Å². The van der Waals surface area contributed by atoms with Crippen molar-refractivity contribution < 1.29 is 9.90 Å². The fourth-order valence-corrected chi connectivity index (χ4v) is 3.23. The van der Waals surface area contributed by atoms with Gasteiger partial charge in [0.2, 0.25) is 0 Å². The molecule has 0 spiro atoms. The average Bonchev–Trinajstić information content (AvgIpc) is 2.58. The highest BCUT2D eigenvalue weighted by molar-refractivity contribution is 6.05. The third-order valence-corrected chi connectivity index (χ3v) is 4.09. The standard InChI is InChI=1S/C17H18O2/c1-11-9-15(12-5-4-6-13(18)10-12)14-7-2-3-8-16(19)17(11)14/h4-6,10,18H,2-3,7-9H2,1H3. The molecular formula is C17H18O2. The largest absolute Gasteiger partial charge is 0.508 e. The van der Waals surface area contributed by atoms with E-state index in [9.17, 15) is 9.90 Å². The summed E-state index contributed by atoms with van der Waals surface area (Å²) < 4.78 is 0. The van der Waals surface area contributed by atoms with E-state index in [0.717, 1.165) is 36.8 Å². The van der Waals surface area contributed by atoms with Crippen LogP contribution in [0.5, 0.6) is 5.75 Å². The third-order valence-electron chi connectivity index (χ3n) is 4.09. The van der Waals surface area contributed by atoms with E-state index < -0.39 is 0 Å². The first kappa shape index (κ1) is 12.2. The Labute approximate surface area is 113 Å². The maximum absolute atomic E-state index is 12.2. The van der Waals surface area contributed by atoms with E-state index in [-0.39, 0.29) is 5.75 Å². The van der Waals surface area contributed by atoms with Gasteiger partial charge in [0.15, 0.2) is 5.78 Å². The van der Waals surface area contributed by atoms with Gasteiger partial charge < -0.3 is 5.11 Å². The Morgan fingerprint density at radius 1 is 1.11 bits per heavy atom. The Balaban J connectivity index is 2.10. The van der Waals surface area contributed by atoms with Crippen LogP contribution in [0.4, 0.5) is 0 Å². The van der Waals surface area contributed by atoms with Gasteiger partial charge >= 0.3 is 0 Å². The molecule has 0 radical (unpaired) electrons. The zero-order valence-corrected chi connectivity index (χ0v) is 11.2. The minimum absolute atomic E-state index is 0.289. The minimum Gasteiger partial charge on any atom is -0.508 e. The fourth-order valence-electron chi connectivity index (χ4n) is 3.23. The lowest BCUT2D eigenvalue weighted by Crippen LogP contribution is -2.01. The molecule has 0 unspecified atom stereocenters. The van der Waals surface area contributed by atoms with Gasteiger partial charge in [-0.15, -0.1) is 0 Å². The average molecular weight is 254 g/mol. The minimum atomic E-state index is 0.289. The van der Waals surface area contributed by atoms with E-state index in [4.69, 9.17) is 0 Å². The van der Waals surface area contributed by atoms with Gasteiger partial charge in [-0.2, -0.15) is 0 Å². The number of hydrogen-bond donors (Lipinski definition) is 1. The molecule has 1 fully saturated rings. The summed E-state index contributed by atoms with van der Waals surface area (Å²) in [4.78, 5) is 12.2. The predicted octanol–water partition coefficient (Wildman–Crippen LogP) is 4.01. The van der Waals surface area contributed by atoms with Crippen molar-refractivity contribution in [2.24, 2.45) is 0 Å². The van der Waals surface area contributed by atoms with Gasteiger partial charge in [0.25, 0.3) is 0 Å². The highest BCUT2D eigenvalue weighted by Gasteiger charge is 2.28. The SMILES string of the molecule is CC1=C2C(=O)CCCCC2=C(c2cccc(O)c2)C1. The van der Waals surface area contributed by atoms with Crippen LogP contribution in [0.25, 0.3) is 5.57 Å². The van der Waals surface area contributed by atoms with E-state index >= 15 is 0 Å². The second-order valence-electron chi connectivity index (χ2n) is 5.47. The van der Waals surface area contributed by atoms with Crippen LogP contribution in [0, 0.1) is 0 Å². The van der Waals surface area contributed by atoms with Gasteiger partial charge in [-0.3, -0.25) is 4.79 Å². The number of ketones is 1. The zero-order chi connectivity index (χ0) is 13.4. The molecule has 1 saturated carbocycles. The Hall–Kier alpha value is -1.83. The molecule has 1 aromatic rings. The molecule has 98 valence electrons. The van der Waals surface area contributed by atoms with E-state index in [0.29, 0.717) is 12.2 Å². The molecule has 0 aromatic heterocycles. The number of carbonyl (C=O) groups is 1. The van der Waals surface area contributed by atoms with E-state index in [1.54, 1.807) is 12.1 Å². The second kappa shape index (κ2) is 4.69. The van der Waals surface area contributed by atoms with Gasteiger partial charge in [-0.05, 0) is 61.4 Å². The van der Waals surface area contributed by atoms with Crippen LogP contribution in [-0.2, 0) is 4.79 Å². The molecule has 1 aromatic carbocycles. The molecule has 19 heavy (non-hydrogen) atoms. The van der Waals surface area contributed by atoms with Gasteiger partial charge in [0.05, 0.1) is 0 Å². The number of aromatic hydroxyl groups is 1. The summed E-state index contributed by atoms with van der Waals surface area (Å²) in [5, 5.41) is 9.64. The van der Waals surface area contributed by atoms with Gasteiger partial charge in [0.1, 0.15) is 5.75 Å². The van der Waals surface area contributed by atoms with Gasteiger partial charge in [0, 0.05) is 12.0 Å². The number of allylic oxidation sites excluding steroid dienone is 4. The van der Waals surface area contributed by atoms with Crippen molar-refractivity contribution in [1.29, 1.82) is 0 Å². The van der Waals surface area contributed by atoms with Crippen molar-refractivity contribution >= 4 is 11.4 Å². The molecule has 0 heterocycles. The number of phenols is 1. The number of benzene rings is 1. The number of Topliss-reactive ketones (excluding diaryl/α,β-unsaturated/α-hetero) is 1. The van der Waals surface area contributed by atoms with Crippen LogP contribution in [0.15, 0.2) is 41.0 Å². The van der Waals surface area contributed by atoms with E-state index in [2.05, 4.69) is 6.92 Å². The number of hydrogen-bond acceptors (Lipinski definition) is 2. The molecule has 3 rings (SSSR count). The first-order chi connectivity index (χ1) is 9.16. The summed E-state index contributed by atoms with van der Waals surface area (Å²) in [7, 11) is 0. The lowest BCUT2D eigenvalue weighted by molar-refractivity contribution is -0.115. The van der Waals surface area contributed by atoms with Crippen LogP contribution < -0.4 is 0 Å². The highest BCUT2D eigenvalue weighted by Crippen LogP contribution is 2.43. The van der Waals surface area contributed by atoms with Crippen molar-refractivity contribution in [1.82, 2.24) is 0 Å². The molecule has 0 atom stereocenters. The van der Waals surface area contributed by atoms with Crippen molar-refractivity contribution in [3.63, 3.8) is 0 Å². The molecule has 2 heteroatoms. The van der Waals surface area contributed by atoms with E-state index in [1.165, 1.54) is 16.7 Å². The molecule has 0 amide bonds. The molecular weight excluding hydrogens is 236 g/mol. The number of fused-ring (bicyclic) bond motifs is 1. The fraction of sp³-hybridized carbons (Fsp3) is 0.353. The number of carbonyl (C=O) groups excluding carboxylic acids is 1. The van der Waals surface area contributed by atoms with Crippen LogP contribution >= 0.6 is 0 Å². The van der Waals surface area contributed by atoms with Crippen molar-refractivity contribution in [2.45, 2.75) is 39.0 Å². The molecule has 2 nitrogen and oxygen atoms in total. The van der Waals surface area contributed by atoms with E-state index in [1.807, 2.05) is 12.1 Å². The summed E-state index contributed by atoms with van der Waals surface area (Å²) in [5.41, 5.74) is 5.69. The first-order valence-electron chi connectivity index (χ1n) is 6.91. The maximum atomic E-state index is 12.2. The van der Waals surface area contributed by atoms with Crippen LogP contribution in [-0.4, -0.2) is 10.9 Å². The normalized spacial score (nSPS) is 19.7. The molecule has 0 saturated heterocycles. The number of phenolic OH excluding ortho intramolecular Hbond substituents is 1. The maximum Gasteiger partial charge on any atom is 0.163 e. The highest BCUT2D eigenvalue weighted by atomic mass is 16.3. The van der Waals surface area contributed by atoms with Crippen molar-refractivity contribution in [3.05, 3.63) is 46.5 Å². The van der Waals surface area contributed by atoms with Gasteiger partial charge in [-0.25, -0.2) is 0 Å². The molecule has 0 aliphatic heterocycles. The summed E-state index contributed by atoms with van der Waals surface area (Å²) in [6.07, 6.45) is 4.60. The first-order valence-corrected chi connectivity index (χ1v) is 6.91. The second-order valence-corrected chi connectivity index (χ2v) is 5.47. The van der Waals surface area contributed by atoms with Crippen molar-refractivity contribution in [2.75, 3.05) is 0 Å². The van der Waals surface area contributed by atoms with Crippen LogP contribution in [0.2, 0.25) is 0 Å². The molecule has 0 bridgehead atoms. The summed E-state index contributed by atoms with van der Waals surface area (Å²) >= 11 is 0. The number of rotatable bonds is 1. The van der Waals surface area contributed by atoms with Crippen LogP contribution in [0.3, 0.4) is 0 Å². The summed E-state index contributed by atoms with van der Waals surface area (Å²) in [6, 6.07) is 7.37. The lowest BCUT2D eigenvalue weighted by atomic mass is 9.96. The molecule has 1 N–H and O–H groups in total. The van der Waals surface area contributed by atoms with Crippen molar-refractivity contribution in [3.8, 4) is 5.75 Å². The Kier molecular flexibility index (Phi) is 3.02. The summed E-state index contributed by atoms with van der Waals surface area (Å²) in [5.74, 6) is 0.594. The Bertz CT molecular complexity index is 605. The Morgan fingerprint density at radius 3 is 2.68 bits per heavy atom. The topological polar surface area (TPSA) is 37.3 Å². The predicted molar refractivity (Wildman–Crippen MR) is 75.8 cm³/mol.